The maximum atomic E-state index is 11.8. The van der Waals surface area contributed by atoms with Gasteiger partial charge in [-0.25, -0.2) is 0 Å². The third-order valence-electron chi connectivity index (χ3n) is 2.02. The highest BCUT2D eigenvalue weighted by Gasteiger charge is 2.25. The van der Waals surface area contributed by atoms with E-state index in [2.05, 4.69) is 21.2 Å². The van der Waals surface area contributed by atoms with Gasteiger partial charge in [-0.2, -0.15) is 13.2 Å². The molecule has 1 N–H and O–H groups in total. The zero-order chi connectivity index (χ0) is 12.8. The van der Waals surface area contributed by atoms with Gasteiger partial charge in [-0.05, 0) is 18.8 Å². The maximum Gasteiger partial charge on any atom is 0.389 e. The molecule has 0 aromatic rings. The summed E-state index contributed by atoms with van der Waals surface area (Å²) in [6, 6.07) is 0. The van der Waals surface area contributed by atoms with Crippen molar-refractivity contribution in [3.05, 3.63) is 0 Å². The average molecular weight is 304 g/mol. The number of nitrogens with one attached hydrogen (secondary N) is 1. The molecule has 0 radical (unpaired) electrons. The first-order valence-corrected chi connectivity index (χ1v) is 6.14. The number of unbranched alkanes of at least 4 members (excludes halogenated alkanes) is 1. The summed E-state index contributed by atoms with van der Waals surface area (Å²) < 4.78 is 35.3. The number of carbonyl (C=O) groups excluding carboxylic acids is 1. The Morgan fingerprint density at radius 2 is 1.88 bits per heavy atom. The highest BCUT2D eigenvalue weighted by atomic mass is 79.9. The SMILES string of the molecule is CC(C)C(Br)C(=O)NCCCCC(F)(F)F. The molecule has 2 nitrogen and oxygen atoms in total. The Morgan fingerprint density at radius 3 is 2.31 bits per heavy atom. The molecule has 0 rings (SSSR count). The molecule has 0 aromatic carbocycles. The molecule has 0 saturated carbocycles. The molecule has 0 fully saturated rings. The Labute approximate surface area is 102 Å². The molecule has 0 aliphatic carbocycles. The molecule has 1 unspecified atom stereocenters. The van der Waals surface area contributed by atoms with E-state index in [1.807, 2.05) is 13.8 Å². The molecular formula is C10H17BrF3NO. The van der Waals surface area contributed by atoms with Crippen molar-refractivity contribution in [3.8, 4) is 0 Å². The van der Waals surface area contributed by atoms with Crippen molar-refractivity contribution in [3.63, 3.8) is 0 Å². The Bertz CT molecular complexity index is 219. The van der Waals surface area contributed by atoms with Crippen molar-refractivity contribution in [2.45, 2.75) is 44.1 Å². The van der Waals surface area contributed by atoms with E-state index in [1.165, 1.54) is 0 Å². The molecule has 0 aliphatic rings. The van der Waals surface area contributed by atoms with Crippen LogP contribution in [-0.4, -0.2) is 23.5 Å². The van der Waals surface area contributed by atoms with Crippen LogP contribution in [0.15, 0.2) is 0 Å². The lowest BCUT2D eigenvalue weighted by Crippen LogP contribution is -2.34. The molecular weight excluding hydrogens is 287 g/mol. The van der Waals surface area contributed by atoms with E-state index in [4.69, 9.17) is 0 Å². The van der Waals surface area contributed by atoms with E-state index in [0.717, 1.165) is 0 Å². The fraction of sp³-hybridized carbons (Fsp3) is 0.900. The third kappa shape index (κ3) is 7.96. The highest BCUT2D eigenvalue weighted by molar-refractivity contribution is 9.10. The second kappa shape index (κ2) is 7.14. The molecule has 6 heteroatoms. The molecule has 96 valence electrons. The predicted octanol–water partition coefficient (Wildman–Crippen LogP) is 3.25. The molecule has 0 spiro atoms. The lowest BCUT2D eigenvalue weighted by Gasteiger charge is -2.13. The van der Waals surface area contributed by atoms with Crippen LogP contribution < -0.4 is 5.32 Å². The normalized spacial score (nSPS) is 13.9. The van der Waals surface area contributed by atoms with Crippen molar-refractivity contribution >= 4 is 21.8 Å². The van der Waals surface area contributed by atoms with Gasteiger partial charge >= 0.3 is 6.18 Å². The van der Waals surface area contributed by atoms with Gasteiger partial charge in [0.2, 0.25) is 5.91 Å². The lowest BCUT2D eigenvalue weighted by atomic mass is 10.1. The van der Waals surface area contributed by atoms with Crippen molar-refractivity contribution in [2.24, 2.45) is 5.92 Å². The minimum atomic E-state index is -4.10. The smallest absolute Gasteiger partial charge is 0.355 e. The first kappa shape index (κ1) is 15.7. The number of alkyl halides is 4. The number of carbonyl (C=O) groups is 1. The summed E-state index contributed by atoms with van der Waals surface area (Å²) in [5.41, 5.74) is 0. The van der Waals surface area contributed by atoms with Gasteiger partial charge in [-0.1, -0.05) is 29.8 Å². The summed E-state index contributed by atoms with van der Waals surface area (Å²) in [6.07, 6.45) is -4.48. The van der Waals surface area contributed by atoms with Crippen molar-refractivity contribution < 1.29 is 18.0 Å². The van der Waals surface area contributed by atoms with Crippen LogP contribution in [0, 0.1) is 5.92 Å². The minimum absolute atomic E-state index is 0.0540. The fourth-order valence-corrected chi connectivity index (χ4v) is 1.22. The zero-order valence-electron chi connectivity index (χ0n) is 9.40. The van der Waals surface area contributed by atoms with Gasteiger partial charge in [0.1, 0.15) is 0 Å². The molecule has 1 amide bonds. The maximum absolute atomic E-state index is 11.8. The van der Waals surface area contributed by atoms with E-state index in [0.29, 0.717) is 13.0 Å². The van der Waals surface area contributed by atoms with Gasteiger partial charge in [0.05, 0.1) is 4.83 Å². The van der Waals surface area contributed by atoms with Crippen LogP contribution in [0.1, 0.15) is 33.1 Å². The van der Waals surface area contributed by atoms with Crippen molar-refractivity contribution in [1.82, 2.24) is 5.32 Å². The number of rotatable bonds is 6. The fourth-order valence-electron chi connectivity index (χ4n) is 1.06. The monoisotopic (exact) mass is 303 g/mol. The van der Waals surface area contributed by atoms with Crippen LogP contribution in [0.5, 0.6) is 0 Å². The number of amides is 1. The largest absolute Gasteiger partial charge is 0.389 e. The van der Waals surface area contributed by atoms with E-state index in [9.17, 15) is 18.0 Å². The van der Waals surface area contributed by atoms with Crippen LogP contribution in [0.2, 0.25) is 0 Å². The van der Waals surface area contributed by atoms with Gasteiger partial charge in [0, 0.05) is 13.0 Å². The summed E-state index contributed by atoms with van der Waals surface area (Å²) in [5, 5.41) is 2.60. The number of halogens is 4. The number of hydrogen-bond acceptors (Lipinski definition) is 1. The predicted molar refractivity (Wildman–Crippen MR) is 60.5 cm³/mol. The molecule has 0 bridgehead atoms. The van der Waals surface area contributed by atoms with Crippen molar-refractivity contribution in [1.29, 1.82) is 0 Å². The second-order valence-corrected chi connectivity index (χ2v) is 5.00. The van der Waals surface area contributed by atoms with Crippen molar-refractivity contribution in [2.75, 3.05) is 6.54 Å². The van der Waals surface area contributed by atoms with E-state index >= 15 is 0 Å². The molecule has 0 aliphatic heterocycles. The quantitative estimate of drug-likeness (QED) is 0.592. The summed E-state index contributed by atoms with van der Waals surface area (Å²) in [6.45, 7) is 4.08. The summed E-state index contributed by atoms with van der Waals surface area (Å²) in [7, 11) is 0. The minimum Gasteiger partial charge on any atom is -0.355 e. The molecule has 16 heavy (non-hydrogen) atoms. The van der Waals surface area contributed by atoms with Crippen LogP contribution >= 0.6 is 15.9 Å². The topological polar surface area (TPSA) is 29.1 Å². The van der Waals surface area contributed by atoms with E-state index in [1.54, 1.807) is 0 Å². The van der Waals surface area contributed by atoms with Crippen LogP contribution in [-0.2, 0) is 4.79 Å². The van der Waals surface area contributed by atoms with E-state index in [-0.39, 0.29) is 23.1 Å². The van der Waals surface area contributed by atoms with Gasteiger partial charge in [0.25, 0.3) is 0 Å². The molecule has 0 saturated heterocycles. The molecule has 1 atom stereocenters. The lowest BCUT2D eigenvalue weighted by molar-refractivity contribution is -0.135. The van der Waals surface area contributed by atoms with Crippen LogP contribution in [0.25, 0.3) is 0 Å². The summed E-state index contributed by atoms with van der Waals surface area (Å²) in [5.74, 6) is -0.00261. The third-order valence-corrected chi connectivity index (χ3v) is 3.50. The first-order valence-electron chi connectivity index (χ1n) is 5.22. The summed E-state index contributed by atoms with van der Waals surface area (Å²) >= 11 is 3.22. The van der Waals surface area contributed by atoms with Gasteiger partial charge in [-0.3, -0.25) is 4.79 Å². The van der Waals surface area contributed by atoms with Gasteiger partial charge < -0.3 is 5.32 Å². The van der Waals surface area contributed by atoms with Gasteiger partial charge in [-0.15, -0.1) is 0 Å². The average Bonchev–Trinajstić information content (AvgIpc) is 2.13. The molecule has 0 heterocycles. The Balaban J connectivity index is 3.56. The Hall–Kier alpha value is -0.260. The zero-order valence-corrected chi connectivity index (χ0v) is 11.0. The standard InChI is InChI=1S/C10H17BrF3NO/c1-7(2)8(11)9(16)15-6-4-3-5-10(12,13)14/h7-8H,3-6H2,1-2H3,(H,15,16). The Kier molecular flexibility index (Phi) is 7.03. The van der Waals surface area contributed by atoms with Gasteiger partial charge in [0.15, 0.2) is 0 Å². The van der Waals surface area contributed by atoms with E-state index < -0.39 is 12.6 Å². The second-order valence-electron chi connectivity index (χ2n) is 4.01. The summed E-state index contributed by atoms with van der Waals surface area (Å²) in [4.78, 5) is 11.1. The molecule has 0 aromatic heterocycles. The number of hydrogen-bond donors (Lipinski definition) is 1. The first-order chi connectivity index (χ1) is 7.24. The highest BCUT2D eigenvalue weighted by Crippen LogP contribution is 2.21. The van der Waals surface area contributed by atoms with Crippen LogP contribution in [0.4, 0.5) is 13.2 Å². The van der Waals surface area contributed by atoms with Crippen LogP contribution in [0.3, 0.4) is 0 Å². The Morgan fingerprint density at radius 1 is 1.31 bits per heavy atom.